The van der Waals surface area contributed by atoms with Crippen LogP contribution in [0.25, 0.3) is 0 Å². The second-order valence-electron chi connectivity index (χ2n) is 4.16. The Kier molecular flexibility index (Phi) is 6.29. The molecule has 0 aromatic carbocycles. The van der Waals surface area contributed by atoms with Crippen molar-refractivity contribution >= 4 is 23.2 Å². The Bertz CT molecular complexity index is 530. The summed E-state index contributed by atoms with van der Waals surface area (Å²) < 4.78 is 28.8. The minimum absolute atomic E-state index is 0.0716. The van der Waals surface area contributed by atoms with Gasteiger partial charge >= 0.3 is 12.6 Å². The van der Waals surface area contributed by atoms with Crippen LogP contribution in [0, 0.1) is 6.92 Å². The molecule has 0 radical (unpaired) electrons. The van der Waals surface area contributed by atoms with Crippen molar-refractivity contribution < 1.29 is 28.2 Å². The van der Waals surface area contributed by atoms with Crippen molar-refractivity contribution in [1.82, 2.24) is 5.32 Å². The van der Waals surface area contributed by atoms with Gasteiger partial charge in [-0.25, -0.2) is 4.79 Å². The summed E-state index contributed by atoms with van der Waals surface area (Å²) in [6.45, 7) is 2.05. The standard InChI is InChI=1S/C13H15F2NO4S/c1-3-4-5-8(12(18)19)16-11(17)10-9(20-13(14)15)6-7(2)21-10/h3,6,8,13H,1,4-5H2,2H3,(H,16,17)(H,18,19). The van der Waals surface area contributed by atoms with Crippen LogP contribution < -0.4 is 10.1 Å². The molecule has 0 fully saturated rings. The Balaban J connectivity index is 2.86. The van der Waals surface area contributed by atoms with Gasteiger partial charge in [-0.2, -0.15) is 8.78 Å². The fraction of sp³-hybridized carbons (Fsp3) is 0.385. The average Bonchev–Trinajstić information content (AvgIpc) is 2.73. The molecule has 1 aromatic heterocycles. The highest BCUT2D eigenvalue weighted by atomic mass is 32.1. The third kappa shape index (κ3) is 5.14. The maximum Gasteiger partial charge on any atom is 0.387 e. The summed E-state index contributed by atoms with van der Waals surface area (Å²) >= 11 is 0.959. The molecule has 1 amide bonds. The van der Waals surface area contributed by atoms with Gasteiger partial charge in [-0.1, -0.05) is 6.08 Å². The van der Waals surface area contributed by atoms with E-state index in [2.05, 4.69) is 16.6 Å². The predicted molar refractivity (Wildman–Crippen MR) is 74.0 cm³/mol. The number of allylic oxidation sites excluding steroid dienone is 1. The number of rotatable bonds is 8. The maximum absolute atomic E-state index is 12.3. The molecular weight excluding hydrogens is 304 g/mol. The summed E-state index contributed by atoms with van der Waals surface area (Å²) in [5.41, 5.74) is 0. The first-order valence-electron chi connectivity index (χ1n) is 6.05. The molecule has 2 N–H and O–H groups in total. The van der Waals surface area contributed by atoms with Gasteiger partial charge in [0.2, 0.25) is 0 Å². The number of alkyl halides is 2. The van der Waals surface area contributed by atoms with Crippen LogP contribution in [0.4, 0.5) is 8.78 Å². The van der Waals surface area contributed by atoms with E-state index >= 15 is 0 Å². The van der Waals surface area contributed by atoms with Crippen molar-refractivity contribution in [1.29, 1.82) is 0 Å². The lowest BCUT2D eigenvalue weighted by Crippen LogP contribution is -2.40. The Hall–Kier alpha value is -1.96. The molecule has 0 aliphatic rings. The number of carbonyl (C=O) groups excluding carboxylic acids is 1. The zero-order valence-corrected chi connectivity index (χ0v) is 12.1. The number of hydrogen-bond donors (Lipinski definition) is 2. The Labute approximate surface area is 124 Å². The maximum atomic E-state index is 12.3. The molecule has 0 aliphatic carbocycles. The lowest BCUT2D eigenvalue weighted by atomic mass is 10.1. The van der Waals surface area contributed by atoms with Crippen LogP contribution in [0.3, 0.4) is 0 Å². The van der Waals surface area contributed by atoms with Crippen LogP contribution in [0.2, 0.25) is 0 Å². The molecule has 0 bridgehead atoms. The van der Waals surface area contributed by atoms with E-state index in [0.29, 0.717) is 11.3 Å². The molecule has 8 heteroatoms. The van der Waals surface area contributed by atoms with Crippen molar-refractivity contribution in [2.75, 3.05) is 0 Å². The summed E-state index contributed by atoms with van der Waals surface area (Å²) in [5.74, 6) is -2.20. The number of ether oxygens (including phenoxy) is 1. The largest absolute Gasteiger partial charge is 0.480 e. The minimum Gasteiger partial charge on any atom is -0.480 e. The first kappa shape index (κ1) is 17.1. The summed E-state index contributed by atoms with van der Waals surface area (Å²) in [6, 6.07) is 0.197. The zero-order valence-electron chi connectivity index (χ0n) is 11.3. The number of carboxylic acid groups (broad SMARTS) is 1. The lowest BCUT2D eigenvalue weighted by molar-refractivity contribution is -0.139. The summed E-state index contributed by atoms with van der Waals surface area (Å²) in [4.78, 5) is 23.6. The molecule has 0 aliphatic heterocycles. The second-order valence-corrected chi connectivity index (χ2v) is 5.42. The quantitative estimate of drug-likeness (QED) is 0.723. The summed E-state index contributed by atoms with van der Waals surface area (Å²) in [6.07, 6.45) is 2.10. The SMILES string of the molecule is C=CCCC(NC(=O)c1sc(C)cc1OC(F)F)C(=O)O. The van der Waals surface area contributed by atoms with Crippen LogP contribution >= 0.6 is 11.3 Å². The van der Waals surface area contributed by atoms with Gasteiger partial charge < -0.3 is 15.2 Å². The van der Waals surface area contributed by atoms with Gasteiger partial charge in [-0.05, 0) is 25.8 Å². The molecule has 116 valence electrons. The van der Waals surface area contributed by atoms with E-state index in [9.17, 15) is 18.4 Å². The van der Waals surface area contributed by atoms with Gasteiger partial charge in [0.25, 0.3) is 5.91 Å². The Morgan fingerprint density at radius 2 is 2.24 bits per heavy atom. The normalized spacial score (nSPS) is 12.0. The molecule has 1 aromatic rings. The van der Waals surface area contributed by atoms with Gasteiger partial charge in [0.05, 0.1) is 0 Å². The van der Waals surface area contributed by atoms with E-state index in [0.717, 1.165) is 11.3 Å². The molecule has 0 saturated heterocycles. The third-order valence-corrected chi connectivity index (χ3v) is 3.54. The number of carbonyl (C=O) groups is 2. The van der Waals surface area contributed by atoms with Gasteiger partial charge in [0.15, 0.2) is 0 Å². The number of halogens is 2. The van der Waals surface area contributed by atoms with Gasteiger partial charge in [0, 0.05) is 4.88 Å². The molecule has 1 heterocycles. The first-order chi connectivity index (χ1) is 9.85. The van der Waals surface area contributed by atoms with Crippen molar-refractivity contribution in [3.63, 3.8) is 0 Å². The first-order valence-corrected chi connectivity index (χ1v) is 6.86. The van der Waals surface area contributed by atoms with E-state index in [1.807, 2.05) is 0 Å². The number of carboxylic acids is 1. The predicted octanol–water partition coefficient (Wildman–Crippen LogP) is 2.81. The van der Waals surface area contributed by atoms with E-state index in [4.69, 9.17) is 5.11 Å². The summed E-state index contributed by atoms with van der Waals surface area (Å²) in [7, 11) is 0. The van der Waals surface area contributed by atoms with Crippen LogP contribution in [-0.2, 0) is 4.79 Å². The topological polar surface area (TPSA) is 75.6 Å². The molecule has 0 spiro atoms. The van der Waals surface area contributed by atoms with Crippen LogP contribution in [0.15, 0.2) is 18.7 Å². The van der Waals surface area contributed by atoms with Gasteiger partial charge in [-0.15, -0.1) is 17.9 Å². The number of hydrogen-bond acceptors (Lipinski definition) is 4. The average molecular weight is 319 g/mol. The monoisotopic (exact) mass is 319 g/mol. The molecule has 1 atom stereocenters. The second kappa shape index (κ2) is 7.72. The van der Waals surface area contributed by atoms with Crippen LogP contribution in [0.5, 0.6) is 5.75 Å². The highest BCUT2D eigenvalue weighted by Crippen LogP contribution is 2.30. The molecule has 5 nitrogen and oxygen atoms in total. The third-order valence-electron chi connectivity index (χ3n) is 2.51. The van der Waals surface area contributed by atoms with Crippen LogP contribution in [-0.4, -0.2) is 29.6 Å². The van der Waals surface area contributed by atoms with E-state index in [1.165, 1.54) is 12.1 Å². The number of aliphatic carboxylic acids is 1. The molecular formula is C13H15F2NO4S. The number of amides is 1. The van der Waals surface area contributed by atoms with E-state index in [-0.39, 0.29) is 17.0 Å². The van der Waals surface area contributed by atoms with Crippen LogP contribution in [0.1, 0.15) is 27.4 Å². The zero-order chi connectivity index (χ0) is 16.0. The molecule has 0 saturated carbocycles. The molecule has 21 heavy (non-hydrogen) atoms. The number of aryl methyl sites for hydroxylation is 1. The van der Waals surface area contributed by atoms with Crippen molar-refractivity contribution in [3.05, 3.63) is 28.5 Å². The smallest absolute Gasteiger partial charge is 0.387 e. The van der Waals surface area contributed by atoms with Crippen molar-refractivity contribution in [2.45, 2.75) is 32.4 Å². The van der Waals surface area contributed by atoms with Crippen molar-refractivity contribution in [3.8, 4) is 5.75 Å². The van der Waals surface area contributed by atoms with Crippen molar-refractivity contribution in [2.24, 2.45) is 0 Å². The summed E-state index contributed by atoms with van der Waals surface area (Å²) in [5, 5.41) is 11.3. The highest BCUT2D eigenvalue weighted by Gasteiger charge is 2.24. The number of nitrogens with one attached hydrogen (secondary N) is 1. The lowest BCUT2D eigenvalue weighted by Gasteiger charge is -2.13. The Morgan fingerprint density at radius 3 is 2.76 bits per heavy atom. The number of thiophene rings is 1. The fourth-order valence-electron chi connectivity index (χ4n) is 1.60. The molecule has 1 unspecified atom stereocenters. The van der Waals surface area contributed by atoms with Gasteiger partial charge in [-0.3, -0.25) is 4.79 Å². The van der Waals surface area contributed by atoms with Gasteiger partial charge in [0.1, 0.15) is 16.7 Å². The highest BCUT2D eigenvalue weighted by molar-refractivity contribution is 7.14. The Morgan fingerprint density at radius 1 is 1.57 bits per heavy atom. The fourth-order valence-corrected chi connectivity index (χ4v) is 2.45. The van der Waals surface area contributed by atoms with E-state index < -0.39 is 24.5 Å². The molecule has 1 rings (SSSR count). The minimum atomic E-state index is -3.05. The van der Waals surface area contributed by atoms with E-state index in [1.54, 1.807) is 6.92 Å².